The fraction of sp³-hybridized carbons (Fsp3) is 0.526. The number of ether oxygens (including phenoxy) is 1. The van der Waals surface area contributed by atoms with Gasteiger partial charge in [-0.2, -0.15) is 5.26 Å². The highest BCUT2D eigenvalue weighted by molar-refractivity contribution is 5.94. The first kappa shape index (κ1) is 17.4. The second kappa shape index (κ2) is 7.24. The standard InChI is InChI=1S/C19H23N3O3/c1-25-13-17(23)21-16-5-6-19(16)7-9-22(10-8-19)18(24)15-4-2-3-14(11-15)12-20/h2-4,11,16H,5-10,13H2,1H3,(H,21,23). The monoisotopic (exact) mass is 341 g/mol. The maximum atomic E-state index is 12.7. The van der Waals surface area contributed by atoms with Crippen molar-refractivity contribution in [1.29, 1.82) is 5.26 Å². The molecule has 1 heterocycles. The SMILES string of the molecule is COCC(=O)NC1CCC12CCN(C(=O)c1cccc(C#N)c1)CC2. The fourth-order valence-electron chi connectivity index (χ4n) is 3.95. The number of carbonyl (C=O) groups excluding carboxylic acids is 2. The van der Waals surface area contributed by atoms with Crippen LogP contribution in [-0.4, -0.2) is 49.6 Å². The summed E-state index contributed by atoms with van der Waals surface area (Å²) in [7, 11) is 1.52. The van der Waals surface area contributed by atoms with Gasteiger partial charge in [-0.15, -0.1) is 0 Å². The van der Waals surface area contributed by atoms with E-state index in [1.54, 1.807) is 24.3 Å². The van der Waals surface area contributed by atoms with Crippen LogP contribution in [0.4, 0.5) is 0 Å². The zero-order chi connectivity index (χ0) is 17.9. The average molecular weight is 341 g/mol. The minimum absolute atomic E-state index is 0.0220. The van der Waals surface area contributed by atoms with Crippen molar-refractivity contribution in [2.45, 2.75) is 31.7 Å². The van der Waals surface area contributed by atoms with Gasteiger partial charge in [-0.3, -0.25) is 9.59 Å². The van der Waals surface area contributed by atoms with E-state index < -0.39 is 0 Å². The van der Waals surface area contributed by atoms with Crippen LogP contribution < -0.4 is 5.32 Å². The number of methoxy groups -OCH3 is 1. The molecule has 0 bridgehead atoms. The van der Waals surface area contributed by atoms with Gasteiger partial charge in [0.25, 0.3) is 5.91 Å². The molecule has 2 amide bonds. The first-order valence-electron chi connectivity index (χ1n) is 8.66. The van der Waals surface area contributed by atoms with Crippen molar-refractivity contribution in [3.8, 4) is 6.07 Å². The lowest BCUT2D eigenvalue weighted by Gasteiger charge is -2.54. The maximum Gasteiger partial charge on any atom is 0.253 e. The molecule has 1 aliphatic heterocycles. The number of amides is 2. The predicted octanol–water partition coefficient (Wildman–Crippen LogP) is 1.71. The van der Waals surface area contributed by atoms with Crippen molar-refractivity contribution in [2.24, 2.45) is 5.41 Å². The number of piperidine rings is 1. The average Bonchev–Trinajstić information content (AvgIpc) is 2.65. The zero-order valence-electron chi connectivity index (χ0n) is 14.5. The summed E-state index contributed by atoms with van der Waals surface area (Å²) in [5.41, 5.74) is 1.18. The first-order valence-corrected chi connectivity index (χ1v) is 8.66. The molecule has 1 atom stereocenters. The van der Waals surface area contributed by atoms with E-state index in [4.69, 9.17) is 10.00 Å². The zero-order valence-corrected chi connectivity index (χ0v) is 14.5. The minimum atomic E-state index is -0.0709. The van der Waals surface area contributed by atoms with E-state index in [2.05, 4.69) is 11.4 Å². The lowest BCUT2D eigenvalue weighted by atomic mass is 9.59. The van der Waals surface area contributed by atoms with Gasteiger partial charge in [-0.25, -0.2) is 0 Å². The maximum absolute atomic E-state index is 12.7. The minimum Gasteiger partial charge on any atom is -0.375 e. The smallest absolute Gasteiger partial charge is 0.253 e. The molecular formula is C19H23N3O3. The van der Waals surface area contributed by atoms with Crippen molar-refractivity contribution in [2.75, 3.05) is 26.8 Å². The molecule has 1 saturated carbocycles. The van der Waals surface area contributed by atoms with Crippen LogP contribution in [0.2, 0.25) is 0 Å². The molecule has 1 spiro atoms. The lowest BCUT2D eigenvalue weighted by molar-refractivity contribution is -0.129. The van der Waals surface area contributed by atoms with Gasteiger partial charge in [0, 0.05) is 31.8 Å². The Kier molecular flexibility index (Phi) is 5.05. The summed E-state index contributed by atoms with van der Waals surface area (Å²) in [6, 6.07) is 9.09. The first-order chi connectivity index (χ1) is 12.1. The Bertz CT molecular complexity index is 702. The van der Waals surface area contributed by atoms with Gasteiger partial charge >= 0.3 is 0 Å². The highest BCUT2D eigenvalue weighted by Gasteiger charge is 2.49. The summed E-state index contributed by atoms with van der Waals surface area (Å²) in [4.78, 5) is 26.3. The number of nitriles is 1. The second-order valence-corrected chi connectivity index (χ2v) is 6.94. The quantitative estimate of drug-likeness (QED) is 0.904. The highest BCUT2D eigenvalue weighted by Crippen LogP contribution is 2.49. The van der Waals surface area contributed by atoms with Crippen LogP contribution in [0.1, 0.15) is 41.6 Å². The Labute approximate surface area is 147 Å². The third-order valence-corrected chi connectivity index (χ3v) is 5.57. The van der Waals surface area contributed by atoms with Gasteiger partial charge in [0.15, 0.2) is 0 Å². The summed E-state index contributed by atoms with van der Waals surface area (Å²) in [5, 5.41) is 12.0. The van der Waals surface area contributed by atoms with Gasteiger partial charge in [-0.1, -0.05) is 6.07 Å². The number of hydrogen-bond donors (Lipinski definition) is 1. The molecule has 132 valence electrons. The predicted molar refractivity (Wildman–Crippen MR) is 91.8 cm³/mol. The summed E-state index contributed by atoms with van der Waals surface area (Å²) in [5.74, 6) is -0.0929. The van der Waals surface area contributed by atoms with Gasteiger partial charge in [0.2, 0.25) is 5.91 Å². The van der Waals surface area contributed by atoms with Crippen LogP contribution in [0.5, 0.6) is 0 Å². The van der Waals surface area contributed by atoms with E-state index in [1.165, 1.54) is 7.11 Å². The van der Waals surface area contributed by atoms with Crippen molar-refractivity contribution in [1.82, 2.24) is 10.2 Å². The number of hydrogen-bond acceptors (Lipinski definition) is 4. The van der Waals surface area contributed by atoms with Crippen molar-refractivity contribution >= 4 is 11.8 Å². The van der Waals surface area contributed by atoms with Gasteiger partial charge in [0.05, 0.1) is 11.6 Å². The molecule has 1 aromatic carbocycles. The van der Waals surface area contributed by atoms with Gasteiger partial charge < -0.3 is 15.0 Å². The molecule has 1 aromatic rings. The molecule has 1 saturated heterocycles. The number of carbonyl (C=O) groups is 2. The van der Waals surface area contributed by atoms with Crippen molar-refractivity contribution in [3.05, 3.63) is 35.4 Å². The molecule has 25 heavy (non-hydrogen) atoms. The number of benzene rings is 1. The summed E-state index contributed by atoms with van der Waals surface area (Å²) in [6.45, 7) is 1.46. The molecule has 0 radical (unpaired) electrons. The van der Waals surface area contributed by atoms with E-state index in [9.17, 15) is 9.59 Å². The number of nitrogens with zero attached hydrogens (tertiary/aromatic N) is 2. The Balaban J connectivity index is 1.59. The fourth-order valence-corrected chi connectivity index (χ4v) is 3.95. The molecular weight excluding hydrogens is 318 g/mol. The van der Waals surface area contributed by atoms with Crippen LogP contribution in [0.25, 0.3) is 0 Å². The van der Waals surface area contributed by atoms with E-state index >= 15 is 0 Å². The second-order valence-electron chi connectivity index (χ2n) is 6.94. The molecule has 3 rings (SSSR count). The molecule has 1 N–H and O–H groups in total. The molecule has 1 unspecified atom stereocenters. The van der Waals surface area contributed by atoms with Gasteiger partial charge in [0.1, 0.15) is 6.61 Å². The lowest BCUT2D eigenvalue weighted by Crippen LogP contribution is -2.60. The van der Waals surface area contributed by atoms with E-state index in [1.807, 2.05) is 4.90 Å². The number of rotatable bonds is 4. The van der Waals surface area contributed by atoms with Gasteiger partial charge in [-0.05, 0) is 49.3 Å². The van der Waals surface area contributed by atoms with E-state index in [-0.39, 0.29) is 29.9 Å². The topological polar surface area (TPSA) is 82.4 Å². The highest BCUT2D eigenvalue weighted by atomic mass is 16.5. The third-order valence-electron chi connectivity index (χ3n) is 5.57. The van der Waals surface area contributed by atoms with Crippen molar-refractivity contribution < 1.29 is 14.3 Å². The Morgan fingerprint density at radius 3 is 2.72 bits per heavy atom. The normalized spacial score (nSPS) is 21.3. The molecule has 0 aromatic heterocycles. The number of nitrogens with one attached hydrogen (secondary N) is 1. The summed E-state index contributed by atoms with van der Waals surface area (Å²) in [6.07, 6.45) is 3.88. The van der Waals surface area contributed by atoms with Crippen molar-refractivity contribution in [3.63, 3.8) is 0 Å². The summed E-state index contributed by atoms with van der Waals surface area (Å²) >= 11 is 0. The Morgan fingerprint density at radius 1 is 1.36 bits per heavy atom. The van der Waals surface area contributed by atoms with Crippen LogP contribution in [0.3, 0.4) is 0 Å². The molecule has 6 heteroatoms. The van der Waals surface area contributed by atoms with E-state index in [0.717, 1.165) is 25.7 Å². The third kappa shape index (κ3) is 3.52. The van der Waals surface area contributed by atoms with E-state index in [0.29, 0.717) is 24.2 Å². The molecule has 2 fully saturated rings. The van der Waals surface area contributed by atoms with Crippen LogP contribution >= 0.6 is 0 Å². The molecule has 2 aliphatic rings. The Hall–Kier alpha value is -2.39. The molecule has 1 aliphatic carbocycles. The Morgan fingerprint density at radius 2 is 2.12 bits per heavy atom. The largest absolute Gasteiger partial charge is 0.375 e. The number of likely N-dealkylation sites (tertiary alicyclic amines) is 1. The molecule has 6 nitrogen and oxygen atoms in total. The van der Waals surface area contributed by atoms with Crippen LogP contribution in [-0.2, 0) is 9.53 Å². The van der Waals surface area contributed by atoms with Crippen LogP contribution in [0.15, 0.2) is 24.3 Å². The summed E-state index contributed by atoms with van der Waals surface area (Å²) < 4.78 is 4.88. The van der Waals surface area contributed by atoms with Crippen LogP contribution in [0, 0.1) is 16.7 Å².